The first-order chi connectivity index (χ1) is 10.6. The molecular weight excluding hydrogens is 274 g/mol. The lowest BCUT2D eigenvalue weighted by Gasteiger charge is -2.29. The van der Waals surface area contributed by atoms with Gasteiger partial charge in [-0.1, -0.05) is 20.3 Å². The Hall–Kier alpha value is -0.610. The molecule has 2 fully saturated rings. The Morgan fingerprint density at radius 2 is 2.00 bits per heavy atom. The fourth-order valence-corrected chi connectivity index (χ4v) is 3.83. The largest absolute Gasteiger partial charge is 0.356 e. The molecule has 0 radical (unpaired) electrons. The fourth-order valence-electron chi connectivity index (χ4n) is 3.83. The quantitative estimate of drug-likeness (QED) is 0.758. The summed E-state index contributed by atoms with van der Waals surface area (Å²) in [6.07, 6.45) is 7.27. The number of hydrogen-bond acceptors (Lipinski definition) is 3. The summed E-state index contributed by atoms with van der Waals surface area (Å²) in [6.45, 7) is 11.1. The van der Waals surface area contributed by atoms with E-state index >= 15 is 0 Å². The lowest BCUT2D eigenvalue weighted by molar-refractivity contribution is -0.122. The van der Waals surface area contributed by atoms with Crippen LogP contribution in [0.1, 0.15) is 52.4 Å². The van der Waals surface area contributed by atoms with Gasteiger partial charge < -0.3 is 15.5 Å². The molecule has 0 spiro atoms. The maximum absolute atomic E-state index is 12.1. The smallest absolute Gasteiger partial charge is 0.220 e. The molecule has 2 aliphatic heterocycles. The summed E-state index contributed by atoms with van der Waals surface area (Å²) in [5, 5.41) is 6.60. The minimum atomic E-state index is 0.239. The lowest BCUT2D eigenvalue weighted by atomic mass is 9.85. The van der Waals surface area contributed by atoms with E-state index in [0.717, 1.165) is 26.2 Å². The van der Waals surface area contributed by atoms with Gasteiger partial charge in [0.05, 0.1) is 0 Å². The first kappa shape index (κ1) is 17.7. The van der Waals surface area contributed by atoms with E-state index in [1.54, 1.807) is 0 Å². The maximum Gasteiger partial charge on any atom is 0.220 e. The number of rotatable bonds is 7. The molecule has 4 heteroatoms. The van der Waals surface area contributed by atoms with Crippen LogP contribution in [0.5, 0.6) is 0 Å². The van der Waals surface area contributed by atoms with E-state index in [-0.39, 0.29) is 5.91 Å². The summed E-state index contributed by atoms with van der Waals surface area (Å²) in [5.41, 5.74) is 0. The molecule has 2 saturated heterocycles. The third kappa shape index (κ3) is 6.25. The second-order valence-electron chi connectivity index (χ2n) is 7.56. The van der Waals surface area contributed by atoms with Crippen molar-refractivity contribution in [1.29, 1.82) is 0 Å². The van der Waals surface area contributed by atoms with E-state index in [4.69, 9.17) is 0 Å². The zero-order chi connectivity index (χ0) is 15.8. The topological polar surface area (TPSA) is 44.4 Å². The number of amides is 1. The van der Waals surface area contributed by atoms with Gasteiger partial charge in [0.1, 0.15) is 0 Å². The van der Waals surface area contributed by atoms with E-state index in [0.29, 0.717) is 24.2 Å². The maximum atomic E-state index is 12.1. The summed E-state index contributed by atoms with van der Waals surface area (Å²) in [6, 6.07) is 0. The van der Waals surface area contributed by atoms with Crippen molar-refractivity contribution < 1.29 is 4.79 Å². The van der Waals surface area contributed by atoms with Gasteiger partial charge in [0.15, 0.2) is 0 Å². The van der Waals surface area contributed by atoms with Crippen LogP contribution in [-0.4, -0.2) is 50.1 Å². The Kier molecular flexibility index (Phi) is 7.67. The highest BCUT2D eigenvalue weighted by Gasteiger charge is 2.22. The zero-order valence-electron chi connectivity index (χ0n) is 14.6. The van der Waals surface area contributed by atoms with Crippen molar-refractivity contribution in [2.45, 2.75) is 52.4 Å². The highest BCUT2D eigenvalue weighted by molar-refractivity contribution is 5.76. The van der Waals surface area contributed by atoms with Gasteiger partial charge >= 0.3 is 0 Å². The monoisotopic (exact) mass is 309 g/mol. The number of likely N-dealkylation sites (tertiary alicyclic amines) is 1. The van der Waals surface area contributed by atoms with E-state index in [1.807, 2.05) is 0 Å². The number of carbonyl (C=O) groups excluding carboxylic acids is 1. The number of piperidine rings is 2. The van der Waals surface area contributed by atoms with Crippen molar-refractivity contribution in [3.8, 4) is 0 Å². The van der Waals surface area contributed by atoms with E-state index in [2.05, 4.69) is 29.4 Å². The molecule has 0 aromatic heterocycles. The molecule has 1 amide bonds. The van der Waals surface area contributed by atoms with Gasteiger partial charge in [0.2, 0.25) is 5.91 Å². The van der Waals surface area contributed by atoms with Crippen molar-refractivity contribution in [1.82, 2.24) is 15.5 Å². The number of hydrogen-bond donors (Lipinski definition) is 2. The van der Waals surface area contributed by atoms with Crippen LogP contribution >= 0.6 is 0 Å². The summed E-state index contributed by atoms with van der Waals surface area (Å²) < 4.78 is 0. The molecule has 3 atom stereocenters. The highest BCUT2D eigenvalue weighted by atomic mass is 16.1. The summed E-state index contributed by atoms with van der Waals surface area (Å²) in [4.78, 5) is 14.7. The molecule has 22 heavy (non-hydrogen) atoms. The lowest BCUT2D eigenvalue weighted by Crippen LogP contribution is -2.39. The van der Waals surface area contributed by atoms with Gasteiger partial charge in [0, 0.05) is 19.5 Å². The highest BCUT2D eigenvalue weighted by Crippen LogP contribution is 2.22. The van der Waals surface area contributed by atoms with Gasteiger partial charge in [-0.25, -0.2) is 0 Å². The van der Waals surface area contributed by atoms with Crippen molar-refractivity contribution in [2.75, 3.05) is 39.3 Å². The van der Waals surface area contributed by atoms with E-state index in [9.17, 15) is 4.79 Å². The molecule has 2 heterocycles. The normalized spacial score (nSPS) is 26.4. The number of carbonyl (C=O) groups is 1. The van der Waals surface area contributed by atoms with Crippen LogP contribution in [0.2, 0.25) is 0 Å². The van der Waals surface area contributed by atoms with Gasteiger partial charge in [-0.05, 0) is 69.6 Å². The van der Waals surface area contributed by atoms with E-state index in [1.165, 1.54) is 45.2 Å². The number of nitrogens with one attached hydrogen (secondary N) is 2. The molecule has 0 aliphatic carbocycles. The van der Waals surface area contributed by atoms with Crippen molar-refractivity contribution >= 4 is 5.91 Å². The molecule has 2 rings (SSSR count). The molecule has 3 unspecified atom stereocenters. The van der Waals surface area contributed by atoms with Crippen LogP contribution in [0.15, 0.2) is 0 Å². The predicted octanol–water partition coefficient (Wildman–Crippen LogP) is 2.25. The van der Waals surface area contributed by atoms with Gasteiger partial charge in [-0.15, -0.1) is 0 Å². The fraction of sp³-hybridized carbons (Fsp3) is 0.944. The molecule has 4 nitrogen and oxygen atoms in total. The average molecular weight is 309 g/mol. The molecule has 0 bridgehead atoms. The van der Waals surface area contributed by atoms with Crippen LogP contribution in [-0.2, 0) is 4.79 Å². The Balaban J connectivity index is 1.59. The molecular formula is C18H35N3O. The van der Waals surface area contributed by atoms with E-state index < -0.39 is 0 Å². The minimum Gasteiger partial charge on any atom is -0.356 e. The Labute approximate surface area is 136 Å². The first-order valence-corrected chi connectivity index (χ1v) is 9.35. The summed E-state index contributed by atoms with van der Waals surface area (Å²) in [5.74, 6) is 1.95. The second kappa shape index (κ2) is 9.51. The zero-order valence-corrected chi connectivity index (χ0v) is 14.6. The van der Waals surface area contributed by atoms with Gasteiger partial charge in [-0.2, -0.15) is 0 Å². The SMILES string of the molecule is CC(CNC(=O)CC(C)C1CCCNC1)CN1CCCCC1. The Bertz CT molecular complexity index is 322. The molecule has 0 saturated carbocycles. The Morgan fingerprint density at radius 1 is 1.23 bits per heavy atom. The van der Waals surface area contributed by atoms with Crippen LogP contribution in [0, 0.1) is 17.8 Å². The van der Waals surface area contributed by atoms with Crippen molar-refractivity contribution in [3.63, 3.8) is 0 Å². The molecule has 2 N–H and O–H groups in total. The molecule has 0 aromatic rings. The average Bonchev–Trinajstić information content (AvgIpc) is 2.55. The molecule has 0 aromatic carbocycles. The summed E-state index contributed by atoms with van der Waals surface area (Å²) in [7, 11) is 0. The van der Waals surface area contributed by atoms with Crippen LogP contribution < -0.4 is 10.6 Å². The predicted molar refractivity (Wildman–Crippen MR) is 91.8 cm³/mol. The molecule has 128 valence electrons. The third-order valence-corrected chi connectivity index (χ3v) is 5.31. The standard InChI is InChI=1S/C18H35N3O/c1-15(14-21-9-4-3-5-10-21)12-20-18(22)11-16(2)17-7-6-8-19-13-17/h15-17,19H,3-14H2,1-2H3,(H,20,22). The second-order valence-corrected chi connectivity index (χ2v) is 7.56. The van der Waals surface area contributed by atoms with Crippen LogP contribution in [0.3, 0.4) is 0 Å². The van der Waals surface area contributed by atoms with Crippen molar-refractivity contribution in [3.05, 3.63) is 0 Å². The first-order valence-electron chi connectivity index (χ1n) is 9.35. The van der Waals surface area contributed by atoms with Gasteiger partial charge in [-0.3, -0.25) is 4.79 Å². The van der Waals surface area contributed by atoms with Crippen LogP contribution in [0.25, 0.3) is 0 Å². The van der Waals surface area contributed by atoms with Crippen LogP contribution in [0.4, 0.5) is 0 Å². The minimum absolute atomic E-state index is 0.239. The summed E-state index contributed by atoms with van der Waals surface area (Å²) >= 11 is 0. The van der Waals surface area contributed by atoms with Crippen molar-refractivity contribution in [2.24, 2.45) is 17.8 Å². The van der Waals surface area contributed by atoms with Gasteiger partial charge in [0.25, 0.3) is 0 Å². The number of nitrogens with zero attached hydrogens (tertiary/aromatic N) is 1. The molecule has 2 aliphatic rings. The third-order valence-electron chi connectivity index (χ3n) is 5.31. The Morgan fingerprint density at radius 3 is 2.68 bits per heavy atom.